The average molecular weight is 398 g/mol. The highest BCUT2D eigenvalue weighted by molar-refractivity contribution is 5.79. The van der Waals surface area contributed by atoms with Crippen LogP contribution in [0.4, 0.5) is 0 Å². The minimum absolute atomic E-state index is 0.0958. The number of piperidine rings is 1. The first-order valence-corrected chi connectivity index (χ1v) is 11.0. The lowest BCUT2D eigenvalue weighted by Crippen LogP contribution is -2.51. The van der Waals surface area contributed by atoms with Gasteiger partial charge in [0, 0.05) is 25.4 Å². The lowest BCUT2D eigenvalue weighted by Gasteiger charge is -2.40. The first-order chi connectivity index (χ1) is 14.0. The average Bonchev–Trinajstić information content (AvgIpc) is 2.76. The SMILES string of the molecule is CCc1nc2ccccc2c(=O)n1CC1(O)CCN(C(=O)C2CCCCC2)CC1. The van der Waals surface area contributed by atoms with E-state index in [0.717, 1.165) is 25.7 Å². The predicted molar refractivity (Wildman–Crippen MR) is 113 cm³/mol. The smallest absolute Gasteiger partial charge is 0.261 e. The van der Waals surface area contributed by atoms with E-state index in [1.54, 1.807) is 10.6 Å². The maximum absolute atomic E-state index is 13.1. The second kappa shape index (κ2) is 8.27. The zero-order valence-electron chi connectivity index (χ0n) is 17.3. The van der Waals surface area contributed by atoms with Crippen molar-refractivity contribution in [3.8, 4) is 0 Å². The Morgan fingerprint density at radius 1 is 1.17 bits per heavy atom. The number of hydrogen-bond donors (Lipinski definition) is 1. The van der Waals surface area contributed by atoms with Gasteiger partial charge in [0.2, 0.25) is 5.91 Å². The van der Waals surface area contributed by atoms with Gasteiger partial charge in [-0.3, -0.25) is 14.2 Å². The summed E-state index contributed by atoms with van der Waals surface area (Å²) in [6.45, 7) is 3.33. The van der Waals surface area contributed by atoms with Crippen LogP contribution in [-0.4, -0.2) is 44.2 Å². The predicted octanol–water partition coefficient (Wildman–Crippen LogP) is 2.89. The molecule has 1 aromatic carbocycles. The van der Waals surface area contributed by atoms with Crippen LogP contribution in [0.15, 0.2) is 29.1 Å². The number of likely N-dealkylation sites (tertiary alicyclic amines) is 1. The van der Waals surface area contributed by atoms with E-state index in [0.29, 0.717) is 49.1 Å². The van der Waals surface area contributed by atoms with Crippen LogP contribution in [0.25, 0.3) is 10.9 Å². The highest BCUT2D eigenvalue weighted by Gasteiger charge is 2.37. The van der Waals surface area contributed by atoms with E-state index in [-0.39, 0.29) is 23.9 Å². The number of fused-ring (bicyclic) bond motifs is 1. The summed E-state index contributed by atoms with van der Waals surface area (Å²) in [6, 6.07) is 7.36. The number of aromatic nitrogens is 2. The molecule has 2 aliphatic rings. The van der Waals surface area contributed by atoms with Crippen molar-refractivity contribution < 1.29 is 9.90 Å². The summed E-state index contributed by atoms with van der Waals surface area (Å²) in [6.07, 6.45) is 7.13. The van der Waals surface area contributed by atoms with Crippen LogP contribution in [0, 0.1) is 5.92 Å². The van der Waals surface area contributed by atoms with Gasteiger partial charge < -0.3 is 10.0 Å². The van der Waals surface area contributed by atoms with Crippen LogP contribution >= 0.6 is 0 Å². The first-order valence-electron chi connectivity index (χ1n) is 11.0. The summed E-state index contributed by atoms with van der Waals surface area (Å²) in [5.74, 6) is 1.11. The van der Waals surface area contributed by atoms with E-state index in [1.807, 2.05) is 30.0 Å². The zero-order valence-corrected chi connectivity index (χ0v) is 17.3. The van der Waals surface area contributed by atoms with Crippen molar-refractivity contribution >= 4 is 16.8 Å². The van der Waals surface area contributed by atoms with E-state index in [9.17, 15) is 14.7 Å². The molecule has 2 fully saturated rings. The number of rotatable bonds is 4. The van der Waals surface area contributed by atoms with Crippen molar-refractivity contribution in [1.82, 2.24) is 14.5 Å². The van der Waals surface area contributed by atoms with E-state index >= 15 is 0 Å². The monoisotopic (exact) mass is 397 g/mol. The minimum atomic E-state index is -0.985. The number of aliphatic hydroxyl groups is 1. The molecule has 4 rings (SSSR count). The summed E-state index contributed by atoms with van der Waals surface area (Å²) >= 11 is 0. The summed E-state index contributed by atoms with van der Waals surface area (Å²) < 4.78 is 1.64. The van der Waals surface area contributed by atoms with Crippen molar-refractivity contribution in [2.45, 2.75) is 70.4 Å². The standard InChI is InChI=1S/C23H31N3O3/c1-2-20-24-19-11-7-6-10-18(19)22(28)26(20)16-23(29)12-14-25(15-13-23)21(27)17-8-4-3-5-9-17/h6-7,10-11,17,29H,2-5,8-9,12-16H2,1H3. The van der Waals surface area contributed by atoms with Gasteiger partial charge in [-0.1, -0.05) is 38.3 Å². The largest absolute Gasteiger partial charge is 0.388 e. The van der Waals surface area contributed by atoms with E-state index in [1.165, 1.54) is 6.42 Å². The molecule has 1 aromatic heterocycles. The highest BCUT2D eigenvalue weighted by atomic mass is 16.3. The molecule has 0 radical (unpaired) electrons. The first kappa shape index (κ1) is 20.1. The van der Waals surface area contributed by atoms with E-state index in [2.05, 4.69) is 4.98 Å². The maximum Gasteiger partial charge on any atom is 0.261 e. The van der Waals surface area contributed by atoms with Crippen LogP contribution in [0.3, 0.4) is 0 Å². The quantitative estimate of drug-likeness (QED) is 0.861. The molecule has 1 N–H and O–H groups in total. The fraction of sp³-hybridized carbons (Fsp3) is 0.609. The van der Waals surface area contributed by atoms with E-state index < -0.39 is 5.60 Å². The topological polar surface area (TPSA) is 75.4 Å². The van der Waals surface area contributed by atoms with Crippen LogP contribution < -0.4 is 5.56 Å². The van der Waals surface area contributed by atoms with Gasteiger partial charge in [0.05, 0.1) is 23.0 Å². The number of carbonyl (C=O) groups excluding carboxylic acids is 1. The number of para-hydroxylation sites is 1. The van der Waals surface area contributed by atoms with Gasteiger partial charge in [-0.25, -0.2) is 4.98 Å². The number of nitrogens with zero attached hydrogens (tertiary/aromatic N) is 3. The Morgan fingerprint density at radius 2 is 1.86 bits per heavy atom. The Balaban J connectivity index is 1.50. The molecule has 6 heteroatoms. The molecule has 1 saturated heterocycles. The summed E-state index contributed by atoms with van der Waals surface area (Å²) in [5.41, 5.74) is -0.381. The summed E-state index contributed by atoms with van der Waals surface area (Å²) in [5, 5.41) is 11.8. The van der Waals surface area contributed by atoms with E-state index in [4.69, 9.17) is 0 Å². The number of carbonyl (C=O) groups is 1. The fourth-order valence-corrected chi connectivity index (χ4v) is 4.85. The van der Waals surface area contributed by atoms with Crippen LogP contribution in [0.2, 0.25) is 0 Å². The second-order valence-electron chi connectivity index (χ2n) is 8.67. The normalized spacial score (nSPS) is 20.1. The van der Waals surface area contributed by atoms with Gasteiger partial charge in [-0.05, 0) is 37.8 Å². The molecular weight excluding hydrogens is 366 g/mol. The molecule has 29 heavy (non-hydrogen) atoms. The Kier molecular flexibility index (Phi) is 5.72. The van der Waals surface area contributed by atoms with Gasteiger partial charge in [-0.15, -0.1) is 0 Å². The number of hydrogen-bond acceptors (Lipinski definition) is 4. The molecule has 6 nitrogen and oxygen atoms in total. The second-order valence-corrected chi connectivity index (χ2v) is 8.67. The Morgan fingerprint density at radius 3 is 2.55 bits per heavy atom. The molecule has 2 aromatic rings. The number of benzene rings is 1. The van der Waals surface area contributed by atoms with Gasteiger partial charge in [0.1, 0.15) is 5.82 Å². The third kappa shape index (κ3) is 4.08. The van der Waals surface area contributed by atoms with Gasteiger partial charge in [0.15, 0.2) is 0 Å². The maximum atomic E-state index is 13.1. The molecule has 2 heterocycles. The lowest BCUT2D eigenvalue weighted by atomic mass is 9.86. The molecule has 1 amide bonds. The lowest BCUT2D eigenvalue weighted by molar-refractivity contribution is -0.141. The third-order valence-electron chi connectivity index (χ3n) is 6.67. The molecule has 1 aliphatic heterocycles. The van der Waals surface area contributed by atoms with Crippen LogP contribution in [-0.2, 0) is 17.8 Å². The molecule has 0 spiro atoms. The zero-order chi connectivity index (χ0) is 20.4. The molecule has 0 unspecified atom stereocenters. The number of amides is 1. The van der Waals surface area contributed by atoms with Crippen LogP contribution in [0.5, 0.6) is 0 Å². The Bertz CT molecular complexity index is 938. The summed E-state index contributed by atoms with van der Waals surface area (Å²) in [4.78, 5) is 32.4. The molecule has 1 aliphatic carbocycles. The van der Waals surface area contributed by atoms with Crippen LogP contribution in [0.1, 0.15) is 57.7 Å². The Hall–Kier alpha value is -2.21. The van der Waals surface area contributed by atoms with Crippen molar-refractivity contribution in [3.63, 3.8) is 0 Å². The van der Waals surface area contributed by atoms with Crippen molar-refractivity contribution in [2.24, 2.45) is 5.92 Å². The molecule has 0 bridgehead atoms. The molecule has 0 atom stereocenters. The third-order valence-corrected chi connectivity index (χ3v) is 6.67. The fourth-order valence-electron chi connectivity index (χ4n) is 4.85. The van der Waals surface area contributed by atoms with Gasteiger partial charge in [0.25, 0.3) is 5.56 Å². The minimum Gasteiger partial charge on any atom is -0.388 e. The van der Waals surface area contributed by atoms with Gasteiger partial charge >= 0.3 is 0 Å². The Labute approximate surface area is 171 Å². The molecule has 1 saturated carbocycles. The van der Waals surface area contributed by atoms with Crippen molar-refractivity contribution in [1.29, 1.82) is 0 Å². The van der Waals surface area contributed by atoms with Crippen molar-refractivity contribution in [2.75, 3.05) is 13.1 Å². The molecular formula is C23H31N3O3. The van der Waals surface area contributed by atoms with Crippen molar-refractivity contribution in [3.05, 3.63) is 40.4 Å². The summed E-state index contributed by atoms with van der Waals surface area (Å²) in [7, 11) is 0. The van der Waals surface area contributed by atoms with Gasteiger partial charge in [-0.2, -0.15) is 0 Å². The molecule has 156 valence electrons. The number of aryl methyl sites for hydroxylation is 1. The highest BCUT2D eigenvalue weighted by Crippen LogP contribution is 2.29.